The Morgan fingerprint density at radius 3 is 2.88 bits per heavy atom. The average Bonchev–Trinajstić information content (AvgIpc) is 2.73. The Hall–Kier alpha value is -1.40. The Labute approximate surface area is 100 Å². The Morgan fingerprint density at radius 2 is 2.31 bits per heavy atom. The van der Waals surface area contributed by atoms with Gasteiger partial charge in [0.15, 0.2) is 4.34 Å². The van der Waals surface area contributed by atoms with E-state index in [0.717, 1.165) is 14.8 Å². The third kappa shape index (κ3) is 2.40. The van der Waals surface area contributed by atoms with E-state index >= 15 is 0 Å². The number of nitrogens with zero attached hydrogens (tertiary/aromatic N) is 2. The van der Waals surface area contributed by atoms with E-state index in [1.165, 1.54) is 23.1 Å². The van der Waals surface area contributed by atoms with Gasteiger partial charge in [-0.05, 0) is 30.7 Å². The summed E-state index contributed by atoms with van der Waals surface area (Å²) in [6, 6.07) is 5.05. The molecule has 0 radical (unpaired) electrons. The lowest BCUT2D eigenvalue weighted by atomic mass is 10.1. The molecule has 1 N–H and O–H groups in total. The molecule has 0 aliphatic rings. The van der Waals surface area contributed by atoms with Crippen LogP contribution in [0.4, 0.5) is 0 Å². The number of carboxylic acid groups (broad SMARTS) is 1. The normalized spacial score (nSPS) is 10.3. The van der Waals surface area contributed by atoms with Crippen molar-refractivity contribution in [3.8, 4) is 0 Å². The highest BCUT2D eigenvalue weighted by Crippen LogP contribution is 2.31. The van der Waals surface area contributed by atoms with Crippen LogP contribution in [-0.2, 0) is 0 Å². The van der Waals surface area contributed by atoms with Crippen molar-refractivity contribution in [2.75, 3.05) is 0 Å². The van der Waals surface area contributed by atoms with E-state index < -0.39 is 5.97 Å². The number of hydrogen-bond acceptors (Lipinski definition) is 5. The number of benzene rings is 1. The Kier molecular flexibility index (Phi) is 3.21. The van der Waals surface area contributed by atoms with Gasteiger partial charge in [-0.1, -0.05) is 23.1 Å². The molecule has 0 saturated carbocycles. The maximum Gasteiger partial charge on any atom is 0.335 e. The fraction of sp³-hybridized carbons (Fsp3) is 0.100. The molecule has 1 aromatic carbocycles. The number of carboxylic acids is 1. The van der Waals surface area contributed by atoms with Gasteiger partial charge in [-0.15, -0.1) is 10.2 Å². The molecule has 0 aliphatic carbocycles. The molecule has 16 heavy (non-hydrogen) atoms. The monoisotopic (exact) mass is 252 g/mol. The summed E-state index contributed by atoms with van der Waals surface area (Å²) in [5.74, 6) is -0.907. The highest BCUT2D eigenvalue weighted by Gasteiger charge is 2.08. The zero-order chi connectivity index (χ0) is 11.5. The van der Waals surface area contributed by atoms with Gasteiger partial charge in [0.05, 0.1) is 5.56 Å². The molecule has 4 nitrogen and oxygen atoms in total. The average molecular weight is 252 g/mol. The second kappa shape index (κ2) is 4.63. The Bertz CT molecular complexity index is 512. The maximum absolute atomic E-state index is 10.8. The first-order chi connectivity index (χ1) is 7.66. The number of aromatic carboxylic acids is 1. The lowest BCUT2D eigenvalue weighted by molar-refractivity contribution is 0.0696. The zero-order valence-corrected chi connectivity index (χ0v) is 10.0. The van der Waals surface area contributed by atoms with Gasteiger partial charge in [-0.25, -0.2) is 4.79 Å². The molecule has 2 rings (SSSR count). The van der Waals surface area contributed by atoms with Crippen LogP contribution in [0, 0.1) is 6.92 Å². The molecule has 6 heteroatoms. The van der Waals surface area contributed by atoms with Crippen LogP contribution >= 0.6 is 23.1 Å². The molecule has 0 aliphatic heterocycles. The molecule has 0 bridgehead atoms. The first-order valence-electron chi connectivity index (χ1n) is 4.45. The van der Waals surface area contributed by atoms with E-state index in [2.05, 4.69) is 10.2 Å². The van der Waals surface area contributed by atoms with E-state index in [0.29, 0.717) is 5.56 Å². The van der Waals surface area contributed by atoms with Crippen LogP contribution in [0.15, 0.2) is 32.9 Å². The minimum absolute atomic E-state index is 0.305. The highest BCUT2D eigenvalue weighted by molar-refractivity contribution is 8.01. The standard InChI is InChI=1S/C10H8N2O2S2/c1-6-4-7(9(13)14)2-3-8(6)16-10-12-11-5-15-10/h2-5H,1H3,(H,13,14). The van der Waals surface area contributed by atoms with E-state index in [1.807, 2.05) is 6.92 Å². The summed E-state index contributed by atoms with van der Waals surface area (Å²) >= 11 is 2.95. The molecule has 0 saturated heterocycles. The van der Waals surface area contributed by atoms with Crippen molar-refractivity contribution in [3.63, 3.8) is 0 Å². The minimum Gasteiger partial charge on any atom is -0.478 e. The molecule has 82 valence electrons. The van der Waals surface area contributed by atoms with Crippen LogP contribution in [0.2, 0.25) is 0 Å². The first kappa shape index (κ1) is 11.1. The van der Waals surface area contributed by atoms with E-state index in [1.54, 1.807) is 23.7 Å². The Morgan fingerprint density at radius 1 is 1.50 bits per heavy atom. The van der Waals surface area contributed by atoms with Gasteiger partial charge in [0.1, 0.15) is 5.51 Å². The molecule has 2 aromatic rings. The highest BCUT2D eigenvalue weighted by atomic mass is 32.2. The minimum atomic E-state index is -0.907. The molecule has 1 heterocycles. The molecule has 0 atom stereocenters. The third-order valence-electron chi connectivity index (χ3n) is 1.96. The molecular formula is C10H8N2O2S2. The van der Waals surface area contributed by atoms with Gasteiger partial charge >= 0.3 is 5.97 Å². The van der Waals surface area contributed by atoms with Crippen LogP contribution in [0.3, 0.4) is 0 Å². The third-order valence-corrected chi connectivity index (χ3v) is 3.92. The van der Waals surface area contributed by atoms with Crippen molar-refractivity contribution in [3.05, 3.63) is 34.8 Å². The summed E-state index contributed by atoms with van der Waals surface area (Å²) in [6.07, 6.45) is 0. The van der Waals surface area contributed by atoms with Crippen LogP contribution in [0.1, 0.15) is 15.9 Å². The summed E-state index contributed by atoms with van der Waals surface area (Å²) in [5, 5.41) is 16.5. The SMILES string of the molecule is Cc1cc(C(=O)O)ccc1Sc1nncs1. The molecule has 1 aromatic heterocycles. The summed E-state index contributed by atoms with van der Waals surface area (Å²) in [7, 11) is 0. The smallest absolute Gasteiger partial charge is 0.335 e. The maximum atomic E-state index is 10.8. The molecule has 0 amide bonds. The van der Waals surface area contributed by atoms with Gasteiger partial charge in [0.2, 0.25) is 0 Å². The van der Waals surface area contributed by atoms with Crippen LogP contribution in [0.5, 0.6) is 0 Å². The zero-order valence-electron chi connectivity index (χ0n) is 8.38. The summed E-state index contributed by atoms with van der Waals surface area (Å²) < 4.78 is 0.853. The fourth-order valence-corrected chi connectivity index (χ4v) is 2.70. The fourth-order valence-electron chi connectivity index (χ4n) is 1.20. The first-order valence-corrected chi connectivity index (χ1v) is 6.14. The van der Waals surface area contributed by atoms with Crippen LogP contribution < -0.4 is 0 Å². The van der Waals surface area contributed by atoms with E-state index in [-0.39, 0.29) is 0 Å². The molecule has 0 unspecified atom stereocenters. The van der Waals surface area contributed by atoms with Crippen LogP contribution in [-0.4, -0.2) is 21.3 Å². The second-order valence-corrected chi connectivity index (χ2v) is 5.21. The Balaban J connectivity index is 2.26. The number of aryl methyl sites for hydroxylation is 1. The predicted octanol–water partition coefficient (Wildman–Crippen LogP) is 2.70. The number of aromatic nitrogens is 2. The second-order valence-electron chi connectivity index (χ2n) is 3.09. The van der Waals surface area contributed by atoms with Crippen LogP contribution in [0.25, 0.3) is 0 Å². The summed E-state index contributed by atoms with van der Waals surface area (Å²) in [6.45, 7) is 1.88. The quantitative estimate of drug-likeness (QED) is 0.910. The van der Waals surface area contributed by atoms with Crippen molar-refractivity contribution in [2.24, 2.45) is 0 Å². The lowest BCUT2D eigenvalue weighted by Crippen LogP contribution is -1.96. The van der Waals surface area contributed by atoms with Gasteiger partial charge in [-0.2, -0.15) is 0 Å². The summed E-state index contributed by atoms with van der Waals surface area (Å²) in [5.41, 5.74) is 2.91. The number of carbonyl (C=O) groups is 1. The van der Waals surface area contributed by atoms with Crippen molar-refractivity contribution in [1.29, 1.82) is 0 Å². The van der Waals surface area contributed by atoms with Gasteiger partial charge in [0.25, 0.3) is 0 Å². The van der Waals surface area contributed by atoms with E-state index in [9.17, 15) is 4.79 Å². The number of hydrogen-bond donors (Lipinski definition) is 1. The largest absolute Gasteiger partial charge is 0.478 e. The summed E-state index contributed by atoms with van der Waals surface area (Å²) in [4.78, 5) is 11.8. The van der Waals surface area contributed by atoms with Crippen molar-refractivity contribution < 1.29 is 9.90 Å². The number of rotatable bonds is 3. The van der Waals surface area contributed by atoms with Crippen molar-refractivity contribution >= 4 is 29.1 Å². The van der Waals surface area contributed by atoms with Gasteiger partial charge in [0, 0.05) is 4.90 Å². The van der Waals surface area contributed by atoms with E-state index in [4.69, 9.17) is 5.11 Å². The molecule has 0 spiro atoms. The topological polar surface area (TPSA) is 63.1 Å². The van der Waals surface area contributed by atoms with Crippen molar-refractivity contribution in [2.45, 2.75) is 16.2 Å². The van der Waals surface area contributed by atoms with Crippen molar-refractivity contribution in [1.82, 2.24) is 10.2 Å². The van der Waals surface area contributed by atoms with Gasteiger partial charge in [-0.3, -0.25) is 0 Å². The predicted molar refractivity (Wildman–Crippen MR) is 62.2 cm³/mol. The molecular weight excluding hydrogens is 244 g/mol. The van der Waals surface area contributed by atoms with Gasteiger partial charge < -0.3 is 5.11 Å². The lowest BCUT2D eigenvalue weighted by Gasteiger charge is -2.03. The molecule has 0 fully saturated rings.